The lowest BCUT2D eigenvalue weighted by Crippen LogP contribution is -2.23. The Morgan fingerprint density at radius 1 is 1.04 bits per heavy atom. The van der Waals surface area contributed by atoms with Crippen LogP contribution in [0.15, 0.2) is 53.3 Å². The van der Waals surface area contributed by atoms with Crippen molar-refractivity contribution in [2.24, 2.45) is 0 Å². The van der Waals surface area contributed by atoms with E-state index in [2.05, 4.69) is 28.9 Å². The normalized spacial score (nSPS) is 11.2. The van der Waals surface area contributed by atoms with Crippen molar-refractivity contribution in [1.82, 2.24) is 9.88 Å². The molecular formula is C21H24N2O2. The Hall–Kier alpha value is -2.59. The summed E-state index contributed by atoms with van der Waals surface area (Å²) in [6.07, 6.45) is 0. The van der Waals surface area contributed by atoms with Crippen LogP contribution in [0.1, 0.15) is 23.7 Å². The fourth-order valence-corrected chi connectivity index (χ4v) is 3.01. The molecule has 0 saturated heterocycles. The number of ether oxygens (including phenoxy) is 1. The lowest BCUT2D eigenvalue weighted by atomic mass is 10.1. The predicted molar refractivity (Wildman–Crippen MR) is 102 cm³/mol. The molecule has 0 saturated carbocycles. The van der Waals surface area contributed by atoms with Crippen LogP contribution in [0.4, 0.5) is 0 Å². The lowest BCUT2D eigenvalue weighted by Gasteiger charge is -2.21. The predicted octanol–water partition coefficient (Wildman–Crippen LogP) is 3.87. The average Bonchev–Trinajstić information content (AvgIpc) is 2.62. The number of rotatable bonds is 6. The highest BCUT2D eigenvalue weighted by atomic mass is 16.5. The largest absolute Gasteiger partial charge is 0.497 e. The number of benzene rings is 2. The molecule has 0 bridgehead atoms. The summed E-state index contributed by atoms with van der Waals surface area (Å²) in [7, 11) is 1.67. The molecule has 1 heterocycles. The van der Waals surface area contributed by atoms with Gasteiger partial charge in [0.1, 0.15) is 5.75 Å². The van der Waals surface area contributed by atoms with E-state index in [-0.39, 0.29) is 5.43 Å². The molecular weight excluding hydrogens is 312 g/mol. The van der Waals surface area contributed by atoms with Gasteiger partial charge in [-0.2, -0.15) is 0 Å². The molecule has 2 aromatic carbocycles. The van der Waals surface area contributed by atoms with Crippen LogP contribution in [-0.2, 0) is 13.1 Å². The molecule has 1 aromatic heterocycles. The molecule has 25 heavy (non-hydrogen) atoms. The van der Waals surface area contributed by atoms with Gasteiger partial charge in [-0.25, -0.2) is 0 Å². The maximum Gasteiger partial charge on any atom is 0.189 e. The summed E-state index contributed by atoms with van der Waals surface area (Å²) < 4.78 is 5.21. The molecule has 130 valence electrons. The molecule has 0 aliphatic carbocycles. The van der Waals surface area contributed by atoms with Gasteiger partial charge in [0.05, 0.1) is 7.11 Å². The highest BCUT2D eigenvalue weighted by Crippen LogP contribution is 2.15. The van der Waals surface area contributed by atoms with E-state index in [9.17, 15) is 4.79 Å². The summed E-state index contributed by atoms with van der Waals surface area (Å²) >= 11 is 0. The van der Waals surface area contributed by atoms with Crippen molar-refractivity contribution in [3.63, 3.8) is 0 Å². The quantitative estimate of drug-likeness (QED) is 0.743. The standard InChI is InChI=1S/C21H24N2O2/c1-4-23(13-16-6-8-18(25-3)9-7-16)14-17-12-21(24)19-11-15(2)5-10-20(19)22-17/h5-12H,4,13-14H2,1-3H3,(H,22,24). The number of nitrogens with one attached hydrogen (secondary N) is 1. The first-order valence-electron chi connectivity index (χ1n) is 8.57. The Morgan fingerprint density at radius 2 is 1.80 bits per heavy atom. The van der Waals surface area contributed by atoms with Crippen molar-refractivity contribution in [2.45, 2.75) is 26.9 Å². The van der Waals surface area contributed by atoms with Crippen LogP contribution in [0.25, 0.3) is 10.9 Å². The Bertz CT molecular complexity index is 913. The van der Waals surface area contributed by atoms with E-state index in [4.69, 9.17) is 4.74 Å². The van der Waals surface area contributed by atoms with Gasteiger partial charge in [0.15, 0.2) is 5.43 Å². The first kappa shape index (κ1) is 17.2. The molecule has 3 aromatic rings. The summed E-state index contributed by atoms with van der Waals surface area (Å²) in [4.78, 5) is 18.1. The third-order valence-corrected chi connectivity index (χ3v) is 4.45. The molecule has 4 nitrogen and oxygen atoms in total. The van der Waals surface area contributed by atoms with Gasteiger partial charge in [-0.1, -0.05) is 30.7 Å². The number of hydrogen-bond acceptors (Lipinski definition) is 3. The van der Waals surface area contributed by atoms with Crippen LogP contribution in [0, 0.1) is 6.92 Å². The molecule has 0 amide bonds. The highest BCUT2D eigenvalue weighted by molar-refractivity contribution is 5.79. The monoisotopic (exact) mass is 336 g/mol. The van der Waals surface area contributed by atoms with E-state index < -0.39 is 0 Å². The van der Waals surface area contributed by atoms with E-state index in [0.29, 0.717) is 6.54 Å². The summed E-state index contributed by atoms with van der Waals surface area (Å²) in [5, 5.41) is 0.752. The van der Waals surface area contributed by atoms with Gasteiger partial charge >= 0.3 is 0 Å². The van der Waals surface area contributed by atoms with Crippen LogP contribution in [0.3, 0.4) is 0 Å². The molecule has 0 aliphatic heterocycles. The van der Waals surface area contributed by atoms with Gasteiger partial charge in [0.25, 0.3) is 0 Å². The number of nitrogens with zero attached hydrogens (tertiary/aromatic N) is 1. The van der Waals surface area contributed by atoms with Crippen molar-refractivity contribution in [2.75, 3.05) is 13.7 Å². The number of aryl methyl sites for hydroxylation is 1. The van der Waals surface area contributed by atoms with Gasteiger partial charge in [-0.05, 0) is 43.3 Å². The number of aromatic nitrogens is 1. The van der Waals surface area contributed by atoms with Gasteiger partial charge in [-0.3, -0.25) is 9.69 Å². The van der Waals surface area contributed by atoms with Crippen molar-refractivity contribution >= 4 is 10.9 Å². The molecule has 3 rings (SSSR count). The van der Waals surface area contributed by atoms with Crippen LogP contribution >= 0.6 is 0 Å². The van der Waals surface area contributed by atoms with Crippen molar-refractivity contribution < 1.29 is 4.74 Å². The third-order valence-electron chi connectivity index (χ3n) is 4.45. The Labute approximate surface area is 148 Å². The van der Waals surface area contributed by atoms with E-state index >= 15 is 0 Å². The van der Waals surface area contributed by atoms with Gasteiger partial charge in [-0.15, -0.1) is 0 Å². The second kappa shape index (κ2) is 7.53. The zero-order valence-corrected chi connectivity index (χ0v) is 15.0. The summed E-state index contributed by atoms with van der Waals surface area (Å²) in [5.41, 5.74) is 4.24. The zero-order valence-electron chi connectivity index (χ0n) is 15.0. The van der Waals surface area contributed by atoms with Gasteiger partial charge in [0, 0.05) is 35.8 Å². The minimum absolute atomic E-state index is 0.0768. The van der Waals surface area contributed by atoms with E-state index in [0.717, 1.165) is 41.0 Å². The average molecular weight is 336 g/mol. The number of H-pyrrole nitrogens is 1. The second-order valence-corrected chi connectivity index (χ2v) is 6.36. The van der Waals surface area contributed by atoms with Crippen LogP contribution in [-0.4, -0.2) is 23.5 Å². The Balaban J connectivity index is 1.80. The number of methoxy groups -OCH3 is 1. The van der Waals surface area contributed by atoms with Crippen molar-refractivity contribution in [3.8, 4) is 5.75 Å². The van der Waals surface area contributed by atoms with Gasteiger partial charge in [0.2, 0.25) is 0 Å². The smallest absolute Gasteiger partial charge is 0.189 e. The van der Waals surface area contributed by atoms with E-state index in [1.807, 2.05) is 37.3 Å². The van der Waals surface area contributed by atoms with Crippen LogP contribution in [0.2, 0.25) is 0 Å². The van der Waals surface area contributed by atoms with Crippen molar-refractivity contribution in [1.29, 1.82) is 0 Å². The molecule has 0 spiro atoms. The number of pyridine rings is 1. The topological polar surface area (TPSA) is 45.3 Å². The molecule has 0 fully saturated rings. The first-order chi connectivity index (χ1) is 12.1. The number of hydrogen-bond donors (Lipinski definition) is 1. The summed E-state index contributed by atoms with van der Waals surface area (Å²) in [5.74, 6) is 0.862. The molecule has 0 radical (unpaired) electrons. The molecule has 1 N–H and O–H groups in total. The lowest BCUT2D eigenvalue weighted by molar-refractivity contribution is 0.268. The maximum atomic E-state index is 12.4. The third kappa shape index (κ3) is 4.09. The second-order valence-electron chi connectivity index (χ2n) is 6.36. The Kier molecular flexibility index (Phi) is 5.19. The summed E-state index contributed by atoms with van der Waals surface area (Å²) in [6.45, 7) is 6.57. The van der Waals surface area contributed by atoms with Gasteiger partial charge < -0.3 is 9.72 Å². The van der Waals surface area contributed by atoms with Crippen LogP contribution < -0.4 is 10.2 Å². The first-order valence-corrected chi connectivity index (χ1v) is 8.57. The number of aromatic amines is 1. The van der Waals surface area contributed by atoms with Crippen molar-refractivity contribution in [3.05, 3.63) is 75.6 Å². The maximum absolute atomic E-state index is 12.4. The zero-order chi connectivity index (χ0) is 17.8. The highest BCUT2D eigenvalue weighted by Gasteiger charge is 2.08. The molecule has 0 atom stereocenters. The fourth-order valence-electron chi connectivity index (χ4n) is 3.01. The summed E-state index contributed by atoms with van der Waals surface area (Å²) in [6, 6.07) is 15.8. The fraction of sp³-hybridized carbons (Fsp3) is 0.286. The van der Waals surface area contributed by atoms with E-state index in [1.165, 1.54) is 5.56 Å². The minimum Gasteiger partial charge on any atom is -0.497 e. The molecule has 4 heteroatoms. The SMILES string of the molecule is CCN(Cc1ccc(OC)cc1)Cc1cc(=O)c2cc(C)ccc2[nH]1. The number of fused-ring (bicyclic) bond motifs is 1. The van der Waals surface area contributed by atoms with E-state index in [1.54, 1.807) is 13.2 Å². The Morgan fingerprint density at radius 3 is 2.48 bits per heavy atom. The molecule has 0 aliphatic rings. The van der Waals surface area contributed by atoms with Crippen LogP contribution in [0.5, 0.6) is 5.75 Å². The minimum atomic E-state index is 0.0768. The molecule has 0 unspecified atom stereocenters.